The Kier molecular flexibility index (Phi) is 6.00. The van der Waals surface area contributed by atoms with Crippen LogP contribution in [0.5, 0.6) is 0 Å². The predicted octanol–water partition coefficient (Wildman–Crippen LogP) is 1.36. The monoisotopic (exact) mass is 212 g/mol. The molecule has 4 heteroatoms. The van der Waals surface area contributed by atoms with Gasteiger partial charge in [-0.2, -0.15) is 0 Å². The van der Waals surface area contributed by atoms with Crippen molar-refractivity contribution in [2.24, 2.45) is 11.1 Å². The van der Waals surface area contributed by atoms with Crippen LogP contribution in [0, 0.1) is 5.92 Å². The van der Waals surface area contributed by atoms with Crippen molar-refractivity contribution in [1.82, 2.24) is 5.32 Å². The van der Waals surface area contributed by atoms with Crippen LogP contribution in [-0.2, 0) is 9.63 Å². The Bertz CT molecular complexity index is 201. The number of nitrogens with zero attached hydrogens (tertiary/aromatic N) is 1. The van der Waals surface area contributed by atoms with Gasteiger partial charge in [0.25, 0.3) is 0 Å². The third-order valence-electron chi connectivity index (χ3n) is 2.84. The molecular weight excluding hydrogens is 192 g/mol. The first-order chi connectivity index (χ1) is 7.38. The molecule has 1 rings (SSSR count). The fourth-order valence-electron chi connectivity index (χ4n) is 2.02. The van der Waals surface area contributed by atoms with Crippen molar-refractivity contribution in [2.45, 2.75) is 38.1 Å². The molecule has 15 heavy (non-hydrogen) atoms. The smallest absolute Gasteiger partial charge is 0.120 e. The van der Waals surface area contributed by atoms with E-state index in [0.29, 0.717) is 18.4 Å². The summed E-state index contributed by atoms with van der Waals surface area (Å²) in [5.41, 5.74) is 0. The van der Waals surface area contributed by atoms with E-state index in [1.54, 1.807) is 7.11 Å². The summed E-state index contributed by atoms with van der Waals surface area (Å²) in [6, 6.07) is 0.456. The molecule has 0 aliphatic carbocycles. The molecule has 1 N–H and O–H groups in total. The third kappa shape index (κ3) is 4.42. The van der Waals surface area contributed by atoms with Crippen molar-refractivity contribution in [3.8, 4) is 0 Å². The molecular formula is C11H20N2O2. The van der Waals surface area contributed by atoms with Gasteiger partial charge in [-0.15, -0.1) is 0 Å². The minimum absolute atomic E-state index is 0.315. The van der Waals surface area contributed by atoms with Gasteiger partial charge in [-0.05, 0) is 25.8 Å². The van der Waals surface area contributed by atoms with E-state index in [1.807, 2.05) is 6.21 Å². The Morgan fingerprint density at radius 3 is 3.07 bits per heavy atom. The maximum atomic E-state index is 10.4. The number of carbonyl (C=O) groups excluding carboxylic acids is 1. The molecule has 0 saturated carbocycles. The van der Waals surface area contributed by atoms with Gasteiger partial charge in [-0.1, -0.05) is 11.6 Å². The summed E-state index contributed by atoms with van der Waals surface area (Å²) in [6.45, 7) is 1.07. The van der Waals surface area contributed by atoms with Crippen molar-refractivity contribution in [2.75, 3.05) is 13.7 Å². The molecule has 0 unspecified atom stereocenters. The van der Waals surface area contributed by atoms with Crippen molar-refractivity contribution in [1.29, 1.82) is 0 Å². The van der Waals surface area contributed by atoms with Crippen molar-refractivity contribution in [3.05, 3.63) is 0 Å². The second kappa shape index (κ2) is 7.40. The SMILES string of the molecule is CO/N=C/[C@@H](CCC=O)[C@@H]1CCCCN1. The van der Waals surface area contributed by atoms with E-state index < -0.39 is 0 Å². The van der Waals surface area contributed by atoms with E-state index in [0.717, 1.165) is 19.3 Å². The Morgan fingerprint density at radius 1 is 1.60 bits per heavy atom. The van der Waals surface area contributed by atoms with Gasteiger partial charge in [0.15, 0.2) is 0 Å². The lowest BCUT2D eigenvalue weighted by atomic mass is 9.90. The minimum atomic E-state index is 0.315. The molecule has 0 aromatic carbocycles. The van der Waals surface area contributed by atoms with E-state index in [-0.39, 0.29) is 0 Å². The number of aldehydes is 1. The van der Waals surface area contributed by atoms with Crippen LogP contribution in [0.2, 0.25) is 0 Å². The van der Waals surface area contributed by atoms with E-state index in [2.05, 4.69) is 10.5 Å². The third-order valence-corrected chi connectivity index (χ3v) is 2.84. The Morgan fingerprint density at radius 2 is 2.47 bits per heavy atom. The molecule has 86 valence electrons. The first-order valence-electron chi connectivity index (χ1n) is 5.62. The van der Waals surface area contributed by atoms with Crippen molar-refractivity contribution in [3.63, 3.8) is 0 Å². The lowest BCUT2D eigenvalue weighted by molar-refractivity contribution is -0.108. The first-order valence-corrected chi connectivity index (χ1v) is 5.62. The van der Waals surface area contributed by atoms with E-state index in [4.69, 9.17) is 4.84 Å². The molecule has 1 fully saturated rings. The Hall–Kier alpha value is -0.900. The zero-order chi connectivity index (χ0) is 10.9. The van der Waals surface area contributed by atoms with Crippen LogP contribution in [0.4, 0.5) is 0 Å². The molecule has 0 spiro atoms. The molecule has 1 aliphatic rings. The fraction of sp³-hybridized carbons (Fsp3) is 0.818. The fourth-order valence-corrected chi connectivity index (χ4v) is 2.02. The molecule has 1 heterocycles. The average Bonchev–Trinajstić information content (AvgIpc) is 2.30. The van der Waals surface area contributed by atoms with Crippen LogP contribution in [0.1, 0.15) is 32.1 Å². The largest absolute Gasteiger partial charge is 0.399 e. The van der Waals surface area contributed by atoms with Gasteiger partial charge >= 0.3 is 0 Å². The summed E-state index contributed by atoms with van der Waals surface area (Å²) in [5, 5.41) is 7.29. The summed E-state index contributed by atoms with van der Waals surface area (Å²) in [7, 11) is 1.54. The first kappa shape index (κ1) is 12.2. The van der Waals surface area contributed by atoms with Crippen LogP contribution in [0.3, 0.4) is 0 Å². The molecule has 2 atom stereocenters. The number of hydrogen-bond acceptors (Lipinski definition) is 4. The highest BCUT2D eigenvalue weighted by Crippen LogP contribution is 2.18. The van der Waals surface area contributed by atoms with Gasteiger partial charge in [-0.3, -0.25) is 0 Å². The van der Waals surface area contributed by atoms with Gasteiger partial charge in [-0.25, -0.2) is 0 Å². The molecule has 0 radical (unpaired) electrons. The maximum absolute atomic E-state index is 10.4. The standard InChI is InChI=1S/C11H20N2O2/c1-15-13-9-10(5-4-8-14)11-6-2-3-7-12-11/h8-12H,2-7H2,1H3/b13-9+/t10-,11+/m1/s1. The zero-order valence-electron chi connectivity index (χ0n) is 9.32. The zero-order valence-corrected chi connectivity index (χ0v) is 9.32. The predicted molar refractivity (Wildman–Crippen MR) is 59.9 cm³/mol. The molecule has 0 bridgehead atoms. The Labute approximate surface area is 91.1 Å². The number of rotatable bonds is 6. The van der Waals surface area contributed by atoms with Crippen LogP contribution >= 0.6 is 0 Å². The molecule has 0 aromatic rings. The van der Waals surface area contributed by atoms with Crippen molar-refractivity contribution < 1.29 is 9.63 Å². The number of hydrogen-bond donors (Lipinski definition) is 1. The summed E-state index contributed by atoms with van der Waals surface area (Å²) >= 11 is 0. The average molecular weight is 212 g/mol. The number of oxime groups is 1. The lowest BCUT2D eigenvalue weighted by Gasteiger charge is -2.28. The minimum Gasteiger partial charge on any atom is -0.399 e. The summed E-state index contributed by atoms with van der Waals surface area (Å²) in [5.74, 6) is 0.315. The van der Waals surface area contributed by atoms with E-state index in [9.17, 15) is 4.79 Å². The molecule has 4 nitrogen and oxygen atoms in total. The van der Waals surface area contributed by atoms with E-state index in [1.165, 1.54) is 19.3 Å². The summed E-state index contributed by atoms with van der Waals surface area (Å²) < 4.78 is 0. The highest BCUT2D eigenvalue weighted by atomic mass is 16.6. The second-order valence-corrected chi connectivity index (χ2v) is 3.90. The van der Waals surface area contributed by atoms with Crippen LogP contribution in [0.25, 0.3) is 0 Å². The quantitative estimate of drug-likeness (QED) is 0.411. The van der Waals surface area contributed by atoms with Gasteiger partial charge < -0.3 is 14.9 Å². The highest BCUT2D eigenvalue weighted by molar-refractivity contribution is 5.62. The Balaban J connectivity index is 2.44. The molecule has 0 aromatic heterocycles. The summed E-state index contributed by atoms with van der Waals surface area (Å²) in [6.07, 6.45) is 7.92. The molecule has 1 saturated heterocycles. The van der Waals surface area contributed by atoms with Crippen molar-refractivity contribution >= 4 is 12.5 Å². The van der Waals surface area contributed by atoms with Gasteiger partial charge in [0, 0.05) is 24.6 Å². The number of piperidine rings is 1. The normalized spacial score (nSPS) is 23.9. The summed E-state index contributed by atoms with van der Waals surface area (Å²) in [4.78, 5) is 15.1. The highest BCUT2D eigenvalue weighted by Gasteiger charge is 2.21. The molecule has 0 amide bonds. The number of nitrogens with one attached hydrogen (secondary N) is 1. The second-order valence-electron chi connectivity index (χ2n) is 3.90. The molecule has 1 aliphatic heterocycles. The number of carbonyl (C=O) groups is 1. The van der Waals surface area contributed by atoms with Gasteiger partial charge in [0.2, 0.25) is 0 Å². The topological polar surface area (TPSA) is 50.7 Å². The van der Waals surface area contributed by atoms with E-state index >= 15 is 0 Å². The van der Waals surface area contributed by atoms with Crippen LogP contribution < -0.4 is 5.32 Å². The maximum Gasteiger partial charge on any atom is 0.120 e. The van der Waals surface area contributed by atoms with Crippen LogP contribution in [-0.4, -0.2) is 32.2 Å². The lowest BCUT2D eigenvalue weighted by Crippen LogP contribution is -2.40. The van der Waals surface area contributed by atoms with Gasteiger partial charge in [0.05, 0.1) is 0 Å². The van der Waals surface area contributed by atoms with Gasteiger partial charge in [0.1, 0.15) is 13.4 Å². The van der Waals surface area contributed by atoms with Crippen LogP contribution in [0.15, 0.2) is 5.16 Å².